The van der Waals surface area contributed by atoms with E-state index in [4.69, 9.17) is 0 Å². The van der Waals surface area contributed by atoms with Gasteiger partial charge in [0.25, 0.3) is 0 Å². The van der Waals surface area contributed by atoms with Gasteiger partial charge in [0.1, 0.15) is 11.6 Å². The predicted molar refractivity (Wildman–Crippen MR) is 73.0 cm³/mol. The zero-order valence-electron chi connectivity index (χ0n) is 11.3. The van der Waals surface area contributed by atoms with E-state index >= 15 is 0 Å². The molecule has 0 spiro atoms. The Morgan fingerprint density at radius 2 is 1.95 bits per heavy atom. The van der Waals surface area contributed by atoms with E-state index in [9.17, 15) is 8.78 Å². The van der Waals surface area contributed by atoms with Gasteiger partial charge in [-0.2, -0.15) is 0 Å². The summed E-state index contributed by atoms with van der Waals surface area (Å²) in [6, 6.07) is 2.69. The van der Waals surface area contributed by atoms with Gasteiger partial charge in [-0.3, -0.25) is 0 Å². The van der Waals surface area contributed by atoms with E-state index in [1.807, 2.05) is 0 Å². The summed E-state index contributed by atoms with van der Waals surface area (Å²) in [5.41, 5.74) is 0.626. The number of nitrogens with one attached hydrogen (secondary N) is 1. The van der Waals surface area contributed by atoms with Gasteiger partial charge in [-0.1, -0.05) is 12.2 Å². The Hall–Kier alpha value is -1.38. The van der Waals surface area contributed by atoms with Crippen molar-refractivity contribution in [2.24, 2.45) is 17.8 Å². The quantitative estimate of drug-likeness (QED) is 0.802. The van der Waals surface area contributed by atoms with Crippen molar-refractivity contribution in [2.45, 2.75) is 32.7 Å². The Bertz CT molecular complexity index is 524. The maximum absolute atomic E-state index is 13.8. The van der Waals surface area contributed by atoms with Crippen LogP contribution in [0.3, 0.4) is 0 Å². The van der Waals surface area contributed by atoms with Gasteiger partial charge in [-0.25, -0.2) is 8.78 Å². The van der Waals surface area contributed by atoms with Gasteiger partial charge in [-0.15, -0.1) is 0 Å². The van der Waals surface area contributed by atoms with Crippen molar-refractivity contribution in [1.29, 1.82) is 0 Å². The van der Waals surface area contributed by atoms with E-state index in [0.29, 0.717) is 23.3 Å². The van der Waals surface area contributed by atoms with Crippen LogP contribution in [0.15, 0.2) is 24.3 Å². The Labute approximate surface area is 112 Å². The summed E-state index contributed by atoms with van der Waals surface area (Å²) in [7, 11) is 0. The van der Waals surface area contributed by atoms with Crippen molar-refractivity contribution in [3.05, 3.63) is 41.5 Å². The molecule has 19 heavy (non-hydrogen) atoms. The predicted octanol–water partition coefficient (Wildman–Crippen LogP) is 4.29. The third kappa shape index (κ3) is 2.26. The zero-order valence-corrected chi connectivity index (χ0v) is 11.3. The van der Waals surface area contributed by atoms with Crippen LogP contribution in [0.5, 0.6) is 0 Å². The van der Waals surface area contributed by atoms with E-state index in [2.05, 4.69) is 24.4 Å². The first kappa shape index (κ1) is 12.6. The lowest BCUT2D eigenvalue weighted by Gasteiger charge is -2.27. The van der Waals surface area contributed by atoms with E-state index in [1.165, 1.54) is 18.6 Å². The largest absolute Gasteiger partial charge is 0.380 e. The highest BCUT2D eigenvalue weighted by Crippen LogP contribution is 2.45. The van der Waals surface area contributed by atoms with E-state index in [-0.39, 0.29) is 23.4 Å². The maximum Gasteiger partial charge on any atom is 0.146 e. The summed E-state index contributed by atoms with van der Waals surface area (Å²) in [4.78, 5) is 0. The highest BCUT2D eigenvalue weighted by atomic mass is 19.1. The molecule has 1 saturated carbocycles. The summed E-state index contributed by atoms with van der Waals surface area (Å²) in [6.07, 6.45) is 6.95. The first-order valence-corrected chi connectivity index (χ1v) is 6.95. The van der Waals surface area contributed by atoms with E-state index in [0.717, 1.165) is 6.42 Å². The van der Waals surface area contributed by atoms with Gasteiger partial charge in [0.15, 0.2) is 0 Å². The Morgan fingerprint density at radius 3 is 2.58 bits per heavy atom. The lowest BCUT2D eigenvalue weighted by atomic mass is 9.87. The van der Waals surface area contributed by atoms with Crippen LogP contribution < -0.4 is 5.32 Å². The number of fused-ring (bicyclic) bond motifs is 2. The minimum atomic E-state index is -0.371. The zero-order chi connectivity index (χ0) is 13.6. The van der Waals surface area contributed by atoms with Gasteiger partial charge in [0, 0.05) is 12.1 Å². The van der Waals surface area contributed by atoms with Crippen molar-refractivity contribution in [3.63, 3.8) is 0 Å². The maximum atomic E-state index is 13.8. The number of aryl methyl sites for hydroxylation is 1. The molecule has 102 valence electrons. The van der Waals surface area contributed by atoms with Gasteiger partial charge in [0.2, 0.25) is 0 Å². The summed E-state index contributed by atoms with van der Waals surface area (Å²) in [5.74, 6) is 1.09. The van der Waals surface area contributed by atoms with E-state index in [1.54, 1.807) is 6.92 Å². The fraction of sp³-hybridized carbons (Fsp3) is 0.500. The van der Waals surface area contributed by atoms with Crippen LogP contribution in [-0.2, 0) is 0 Å². The van der Waals surface area contributed by atoms with Gasteiger partial charge >= 0.3 is 0 Å². The van der Waals surface area contributed by atoms with Crippen LogP contribution in [0.25, 0.3) is 0 Å². The minimum Gasteiger partial charge on any atom is -0.380 e. The minimum absolute atomic E-state index is 0.163. The normalized spacial score (nSPS) is 29.8. The Morgan fingerprint density at radius 1 is 1.16 bits per heavy atom. The molecule has 2 bridgehead atoms. The average Bonchev–Trinajstić information content (AvgIpc) is 2.98. The molecule has 0 amide bonds. The number of hydrogen-bond acceptors (Lipinski definition) is 1. The molecule has 4 atom stereocenters. The summed E-state index contributed by atoms with van der Waals surface area (Å²) in [6.45, 7) is 3.64. The first-order chi connectivity index (χ1) is 9.04. The summed E-state index contributed by atoms with van der Waals surface area (Å²) < 4.78 is 27.3. The van der Waals surface area contributed by atoms with Crippen molar-refractivity contribution in [1.82, 2.24) is 0 Å². The molecule has 1 aromatic rings. The molecule has 1 N–H and O–H groups in total. The number of hydrogen-bond donors (Lipinski definition) is 1. The van der Waals surface area contributed by atoms with Crippen LogP contribution in [0.2, 0.25) is 0 Å². The second-order valence-corrected chi connectivity index (χ2v) is 5.96. The lowest BCUT2D eigenvalue weighted by Crippen LogP contribution is -2.29. The number of anilines is 1. The van der Waals surface area contributed by atoms with Crippen molar-refractivity contribution in [3.8, 4) is 0 Å². The van der Waals surface area contributed by atoms with Gasteiger partial charge < -0.3 is 5.32 Å². The molecule has 1 aromatic carbocycles. The van der Waals surface area contributed by atoms with Crippen molar-refractivity contribution < 1.29 is 8.78 Å². The molecule has 1 fully saturated rings. The fourth-order valence-corrected chi connectivity index (χ4v) is 3.51. The van der Waals surface area contributed by atoms with Crippen LogP contribution >= 0.6 is 0 Å². The van der Waals surface area contributed by atoms with Gasteiger partial charge in [-0.05, 0) is 56.1 Å². The van der Waals surface area contributed by atoms with Crippen LogP contribution in [0, 0.1) is 36.3 Å². The van der Waals surface area contributed by atoms with Crippen molar-refractivity contribution in [2.75, 3.05) is 5.32 Å². The third-order valence-corrected chi connectivity index (χ3v) is 4.60. The number of allylic oxidation sites excluding steroid dienone is 2. The van der Waals surface area contributed by atoms with Crippen LogP contribution in [-0.4, -0.2) is 6.04 Å². The van der Waals surface area contributed by atoms with Crippen LogP contribution in [0.1, 0.15) is 25.3 Å². The SMILES string of the molecule is Cc1cc(F)c(NC(C)C2CC3C=CC2C3)cc1F. The van der Waals surface area contributed by atoms with Gasteiger partial charge in [0.05, 0.1) is 5.69 Å². The first-order valence-electron chi connectivity index (χ1n) is 6.95. The number of halogens is 2. The highest BCUT2D eigenvalue weighted by molar-refractivity contribution is 5.47. The molecule has 4 unspecified atom stereocenters. The molecule has 2 aliphatic carbocycles. The lowest BCUT2D eigenvalue weighted by molar-refractivity contribution is 0.398. The molecule has 2 aliphatic rings. The molecule has 0 radical (unpaired) electrons. The third-order valence-electron chi connectivity index (χ3n) is 4.60. The molecule has 3 rings (SSSR count). The Balaban J connectivity index is 1.75. The second-order valence-electron chi connectivity index (χ2n) is 5.96. The molecule has 1 nitrogen and oxygen atoms in total. The number of rotatable bonds is 3. The molecule has 0 heterocycles. The fourth-order valence-electron chi connectivity index (χ4n) is 3.51. The highest BCUT2D eigenvalue weighted by Gasteiger charge is 2.38. The molecular formula is C16H19F2N. The second kappa shape index (κ2) is 4.62. The Kier molecular flexibility index (Phi) is 3.08. The monoisotopic (exact) mass is 263 g/mol. The molecule has 0 aromatic heterocycles. The summed E-state index contributed by atoms with van der Waals surface area (Å²) in [5, 5.41) is 3.16. The van der Waals surface area contributed by atoms with Crippen LogP contribution in [0.4, 0.5) is 14.5 Å². The standard InChI is InChI=1S/C16H19F2N/c1-9-5-15(18)16(8-14(9)17)19-10(2)13-7-11-3-4-12(13)6-11/h3-5,8,10-13,19H,6-7H2,1-2H3. The topological polar surface area (TPSA) is 12.0 Å². The average molecular weight is 263 g/mol. The molecular weight excluding hydrogens is 244 g/mol. The summed E-state index contributed by atoms with van der Waals surface area (Å²) >= 11 is 0. The van der Waals surface area contributed by atoms with E-state index < -0.39 is 0 Å². The molecule has 0 aliphatic heterocycles. The molecule has 3 heteroatoms. The molecule has 0 saturated heterocycles. The smallest absolute Gasteiger partial charge is 0.146 e. The van der Waals surface area contributed by atoms with Crippen molar-refractivity contribution >= 4 is 5.69 Å². The number of benzene rings is 1.